The molecule has 4 heteroatoms. The van der Waals surface area contributed by atoms with Gasteiger partial charge in [0, 0.05) is 11.1 Å². The molecule has 3 aromatic rings. The fourth-order valence-electron chi connectivity index (χ4n) is 2.84. The Morgan fingerprint density at radius 2 is 1.71 bits per heavy atom. The van der Waals surface area contributed by atoms with Gasteiger partial charge in [-0.05, 0) is 37.6 Å². The molecule has 124 valence electrons. The van der Waals surface area contributed by atoms with Gasteiger partial charge in [0.15, 0.2) is 0 Å². The number of rotatable bonds is 5. The topological polar surface area (TPSA) is 47.3 Å². The Balaban J connectivity index is 2.17. The second-order valence-corrected chi connectivity index (χ2v) is 5.88. The summed E-state index contributed by atoms with van der Waals surface area (Å²) in [6.45, 7) is 4.16. The van der Waals surface area contributed by atoms with Gasteiger partial charge in [0.1, 0.15) is 5.75 Å². The van der Waals surface area contributed by atoms with Crippen molar-refractivity contribution in [2.24, 2.45) is 0 Å². The molecule has 2 aromatic carbocycles. The lowest BCUT2D eigenvalue weighted by molar-refractivity contribution is 0.414. The second-order valence-electron chi connectivity index (χ2n) is 5.88. The van der Waals surface area contributed by atoms with Gasteiger partial charge in [0.2, 0.25) is 5.88 Å². The predicted molar refractivity (Wildman–Crippen MR) is 95.9 cm³/mol. The zero-order valence-corrected chi connectivity index (χ0v) is 14.3. The molecule has 0 saturated carbocycles. The number of nitrogens with zero attached hydrogens (tertiary/aromatic N) is 2. The summed E-state index contributed by atoms with van der Waals surface area (Å²) < 4.78 is 7.03. The van der Waals surface area contributed by atoms with Gasteiger partial charge in [0.25, 0.3) is 0 Å². The van der Waals surface area contributed by atoms with E-state index in [1.807, 2.05) is 28.9 Å². The Bertz CT molecular complexity index is 818. The van der Waals surface area contributed by atoms with E-state index in [1.165, 1.54) is 5.56 Å². The summed E-state index contributed by atoms with van der Waals surface area (Å²) in [5.41, 5.74) is 4.98. The first-order valence-corrected chi connectivity index (χ1v) is 8.16. The molecule has 24 heavy (non-hydrogen) atoms. The quantitative estimate of drug-likeness (QED) is 0.751. The van der Waals surface area contributed by atoms with Crippen LogP contribution in [0.15, 0.2) is 48.5 Å². The van der Waals surface area contributed by atoms with E-state index >= 15 is 0 Å². The Labute approximate surface area is 142 Å². The number of aromatic hydroxyl groups is 1. The van der Waals surface area contributed by atoms with E-state index in [4.69, 9.17) is 4.74 Å². The summed E-state index contributed by atoms with van der Waals surface area (Å²) in [6, 6.07) is 16.0. The highest BCUT2D eigenvalue weighted by Gasteiger charge is 2.19. The minimum atomic E-state index is 0.100. The van der Waals surface area contributed by atoms with Crippen molar-refractivity contribution in [2.45, 2.75) is 26.7 Å². The fraction of sp³-hybridized carbons (Fsp3) is 0.250. The highest BCUT2D eigenvalue weighted by molar-refractivity contribution is 5.68. The maximum Gasteiger partial charge on any atom is 0.234 e. The number of aromatic nitrogens is 2. The third kappa shape index (κ3) is 3.00. The average Bonchev–Trinajstić information content (AvgIpc) is 2.93. The summed E-state index contributed by atoms with van der Waals surface area (Å²) in [5.74, 6) is 0.893. The second kappa shape index (κ2) is 6.79. The summed E-state index contributed by atoms with van der Waals surface area (Å²) in [7, 11) is 1.64. The molecule has 0 aliphatic rings. The maximum absolute atomic E-state index is 10.4. The molecule has 0 spiro atoms. The van der Waals surface area contributed by atoms with Gasteiger partial charge in [-0.2, -0.15) is 0 Å². The number of benzene rings is 2. The molecule has 0 bridgehead atoms. The van der Waals surface area contributed by atoms with Gasteiger partial charge in [-0.1, -0.05) is 43.2 Å². The molecule has 0 aliphatic heterocycles. The third-order valence-corrected chi connectivity index (χ3v) is 4.10. The molecule has 0 fully saturated rings. The van der Waals surface area contributed by atoms with Crippen molar-refractivity contribution in [2.75, 3.05) is 7.11 Å². The SMILES string of the molecule is CCCc1c(O)nn(-c2ccc(OC)cc2)c1-c1ccc(C)cc1. The monoisotopic (exact) mass is 322 g/mol. The van der Waals surface area contributed by atoms with Crippen LogP contribution in [0.4, 0.5) is 0 Å². The van der Waals surface area contributed by atoms with Crippen LogP contribution in [0, 0.1) is 6.92 Å². The van der Waals surface area contributed by atoms with Crippen LogP contribution in [-0.4, -0.2) is 22.0 Å². The standard InChI is InChI=1S/C20H22N2O2/c1-4-5-18-19(15-8-6-14(2)7-9-15)22(21-20(18)23)16-10-12-17(24-3)13-11-16/h6-13H,4-5H2,1-3H3,(H,21,23). The van der Waals surface area contributed by atoms with Crippen molar-refractivity contribution in [3.63, 3.8) is 0 Å². The molecule has 1 aromatic heterocycles. The molecule has 3 rings (SSSR count). The molecule has 1 N–H and O–H groups in total. The fourth-order valence-corrected chi connectivity index (χ4v) is 2.84. The molecule has 0 aliphatic carbocycles. The maximum atomic E-state index is 10.4. The van der Waals surface area contributed by atoms with Gasteiger partial charge < -0.3 is 9.84 Å². The molecule has 4 nitrogen and oxygen atoms in total. The number of ether oxygens (including phenoxy) is 1. The zero-order valence-electron chi connectivity index (χ0n) is 14.3. The van der Waals surface area contributed by atoms with E-state index in [0.717, 1.165) is 41.1 Å². The Kier molecular flexibility index (Phi) is 4.56. The highest BCUT2D eigenvalue weighted by atomic mass is 16.5. The first-order valence-electron chi connectivity index (χ1n) is 8.16. The molecular weight excluding hydrogens is 300 g/mol. The van der Waals surface area contributed by atoms with Crippen LogP contribution >= 0.6 is 0 Å². The smallest absolute Gasteiger partial charge is 0.234 e. The van der Waals surface area contributed by atoms with E-state index in [9.17, 15) is 5.11 Å². The first-order chi connectivity index (χ1) is 11.6. The lowest BCUT2D eigenvalue weighted by Crippen LogP contribution is -2.00. The van der Waals surface area contributed by atoms with Gasteiger partial charge >= 0.3 is 0 Å². The molecule has 0 unspecified atom stereocenters. The number of hydrogen-bond acceptors (Lipinski definition) is 3. The van der Waals surface area contributed by atoms with Gasteiger partial charge in [-0.3, -0.25) is 0 Å². The molecule has 0 amide bonds. The van der Waals surface area contributed by atoms with Gasteiger partial charge in [-0.25, -0.2) is 4.68 Å². The Hall–Kier alpha value is -2.75. The lowest BCUT2D eigenvalue weighted by Gasteiger charge is -2.10. The summed E-state index contributed by atoms with van der Waals surface area (Å²) in [4.78, 5) is 0. The molecule has 0 atom stereocenters. The van der Waals surface area contributed by atoms with Crippen LogP contribution in [0.1, 0.15) is 24.5 Å². The molecule has 1 heterocycles. The number of hydrogen-bond donors (Lipinski definition) is 1. The first kappa shape index (κ1) is 16.1. The normalized spacial score (nSPS) is 10.8. The van der Waals surface area contributed by atoms with Crippen LogP contribution in [0.25, 0.3) is 16.9 Å². The van der Waals surface area contributed by atoms with Crippen molar-refractivity contribution < 1.29 is 9.84 Å². The summed E-state index contributed by atoms with van der Waals surface area (Å²) in [5, 5.41) is 14.7. The molecule has 0 radical (unpaired) electrons. The van der Waals surface area contributed by atoms with E-state index in [1.54, 1.807) is 7.11 Å². The van der Waals surface area contributed by atoms with Crippen molar-refractivity contribution >= 4 is 0 Å². The number of methoxy groups -OCH3 is 1. The van der Waals surface area contributed by atoms with Crippen molar-refractivity contribution in [1.82, 2.24) is 9.78 Å². The van der Waals surface area contributed by atoms with Crippen molar-refractivity contribution in [1.29, 1.82) is 0 Å². The highest BCUT2D eigenvalue weighted by Crippen LogP contribution is 2.33. The van der Waals surface area contributed by atoms with Crippen molar-refractivity contribution in [3.05, 3.63) is 59.7 Å². The summed E-state index contributed by atoms with van der Waals surface area (Å²) in [6.07, 6.45) is 1.73. The Morgan fingerprint density at radius 3 is 2.29 bits per heavy atom. The van der Waals surface area contributed by atoms with E-state index in [2.05, 4.69) is 43.2 Å². The zero-order chi connectivity index (χ0) is 17.1. The van der Waals surface area contributed by atoms with Crippen LogP contribution < -0.4 is 4.74 Å². The largest absolute Gasteiger partial charge is 0.497 e. The Morgan fingerprint density at radius 1 is 1.04 bits per heavy atom. The number of aryl methyl sites for hydroxylation is 1. The van der Waals surface area contributed by atoms with Gasteiger partial charge in [-0.15, -0.1) is 5.10 Å². The van der Waals surface area contributed by atoms with Crippen LogP contribution in [-0.2, 0) is 6.42 Å². The minimum Gasteiger partial charge on any atom is -0.497 e. The van der Waals surface area contributed by atoms with Crippen LogP contribution in [0.3, 0.4) is 0 Å². The minimum absolute atomic E-state index is 0.100. The third-order valence-electron chi connectivity index (χ3n) is 4.10. The average molecular weight is 322 g/mol. The van der Waals surface area contributed by atoms with E-state index < -0.39 is 0 Å². The summed E-state index contributed by atoms with van der Waals surface area (Å²) >= 11 is 0. The van der Waals surface area contributed by atoms with E-state index in [0.29, 0.717) is 0 Å². The lowest BCUT2D eigenvalue weighted by atomic mass is 10.0. The predicted octanol–water partition coefficient (Wildman–Crippen LogP) is 4.51. The molecular formula is C20H22N2O2. The van der Waals surface area contributed by atoms with E-state index in [-0.39, 0.29) is 5.88 Å². The van der Waals surface area contributed by atoms with Crippen molar-refractivity contribution in [3.8, 4) is 28.6 Å². The van der Waals surface area contributed by atoms with Gasteiger partial charge in [0.05, 0.1) is 18.5 Å². The van der Waals surface area contributed by atoms with Crippen LogP contribution in [0.5, 0.6) is 11.6 Å². The van der Waals surface area contributed by atoms with Crippen LogP contribution in [0.2, 0.25) is 0 Å². The molecule has 0 saturated heterocycles.